The van der Waals surface area contributed by atoms with Gasteiger partial charge in [0.25, 0.3) is 0 Å². The summed E-state index contributed by atoms with van der Waals surface area (Å²) in [5, 5.41) is 1.25. The summed E-state index contributed by atoms with van der Waals surface area (Å²) in [4.78, 5) is 22.1. The number of rotatable bonds is 3. The van der Waals surface area contributed by atoms with E-state index in [9.17, 15) is 18.4 Å². The number of primary amides is 1. The number of nitrogens with two attached hydrogens (primary N) is 1. The van der Waals surface area contributed by atoms with E-state index < -0.39 is 28.8 Å². The summed E-state index contributed by atoms with van der Waals surface area (Å²) >= 11 is 0.990. The number of nitrogens with one attached hydrogen (secondary N) is 1. The van der Waals surface area contributed by atoms with Crippen LogP contribution in [0.3, 0.4) is 0 Å². The molecule has 0 bridgehead atoms. The van der Waals surface area contributed by atoms with Crippen molar-refractivity contribution >= 4 is 23.7 Å². The van der Waals surface area contributed by atoms with Gasteiger partial charge < -0.3 is 5.73 Å². The highest BCUT2D eigenvalue weighted by atomic mass is 32.2. The highest BCUT2D eigenvalue weighted by Crippen LogP contribution is 2.24. The number of hydrogen-bond donors (Lipinski definition) is 2. The number of halogens is 2. The predicted octanol–water partition coefficient (Wildman–Crippen LogP) is 1.64. The fourth-order valence-electron chi connectivity index (χ4n) is 1.03. The van der Waals surface area contributed by atoms with Crippen LogP contribution in [0.5, 0.6) is 0 Å². The molecule has 0 fully saturated rings. The summed E-state index contributed by atoms with van der Waals surface area (Å²) in [6.45, 7) is 1.52. The van der Waals surface area contributed by atoms with Crippen molar-refractivity contribution in [2.45, 2.75) is 17.1 Å². The van der Waals surface area contributed by atoms with Crippen LogP contribution in [-0.2, 0) is 4.79 Å². The van der Waals surface area contributed by atoms with E-state index >= 15 is 0 Å². The maximum Gasteiger partial charge on any atom is 0.318 e. The van der Waals surface area contributed by atoms with Gasteiger partial charge in [0.1, 0.15) is 0 Å². The second-order valence-corrected chi connectivity index (χ2v) is 4.60. The Kier molecular flexibility index (Phi) is 4.45. The lowest BCUT2D eigenvalue weighted by atomic mass is 10.3. The molecular weight excluding hydrogens is 250 g/mol. The van der Waals surface area contributed by atoms with Crippen molar-refractivity contribution in [1.29, 1.82) is 0 Å². The van der Waals surface area contributed by atoms with Crippen molar-refractivity contribution in [2.24, 2.45) is 5.73 Å². The molecule has 0 aliphatic carbocycles. The van der Waals surface area contributed by atoms with Gasteiger partial charge >= 0.3 is 6.03 Å². The second-order valence-electron chi connectivity index (χ2n) is 3.19. The zero-order chi connectivity index (χ0) is 13.0. The summed E-state index contributed by atoms with van der Waals surface area (Å²) in [6.07, 6.45) is 0. The fourth-order valence-corrected chi connectivity index (χ4v) is 1.92. The smallest absolute Gasteiger partial charge is 0.318 e. The average Bonchev–Trinajstić information content (AvgIpc) is 2.22. The minimum Gasteiger partial charge on any atom is -0.351 e. The molecule has 1 atom stereocenters. The molecule has 0 aliphatic heterocycles. The molecule has 0 heterocycles. The molecule has 1 aromatic carbocycles. The van der Waals surface area contributed by atoms with Crippen LogP contribution < -0.4 is 11.1 Å². The summed E-state index contributed by atoms with van der Waals surface area (Å²) in [7, 11) is 0. The lowest BCUT2D eigenvalue weighted by Crippen LogP contribution is -2.39. The maximum absolute atomic E-state index is 12.9. The number of carbonyl (C=O) groups is 2. The Bertz CT molecular complexity index is 454. The number of thioether (sulfide) groups is 1. The number of carbonyl (C=O) groups excluding carboxylic acids is 2. The molecule has 0 radical (unpaired) electrons. The molecule has 7 heteroatoms. The van der Waals surface area contributed by atoms with E-state index in [1.54, 1.807) is 0 Å². The molecule has 0 spiro atoms. The SMILES string of the molecule is C[C@@H](Sc1ccc(F)c(F)c1)C(=O)NC(N)=O. The quantitative estimate of drug-likeness (QED) is 0.811. The Balaban J connectivity index is 2.67. The van der Waals surface area contributed by atoms with Gasteiger partial charge in [-0.3, -0.25) is 10.1 Å². The largest absolute Gasteiger partial charge is 0.351 e. The summed E-state index contributed by atoms with van der Waals surface area (Å²) in [5.74, 6) is -2.53. The Labute approximate surface area is 101 Å². The summed E-state index contributed by atoms with van der Waals surface area (Å²) in [6, 6.07) is 2.34. The third kappa shape index (κ3) is 4.03. The van der Waals surface area contributed by atoms with Crippen molar-refractivity contribution in [3.8, 4) is 0 Å². The average molecular weight is 260 g/mol. The number of benzene rings is 1. The van der Waals surface area contributed by atoms with Gasteiger partial charge in [0.05, 0.1) is 5.25 Å². The molecular formula is C10H10F2N2O2S. The monoisotopic (exact) mass is 260 g/mol. The first-order valence-electron chi connectivity index (χ1n) is 4.62. The van der Waals surface area contributed by atoms with Crippen molar-refractivity contribution in [3.63, 3.8) is 0 Å². The van der Waals surface area contributed by atoms with Gasteiger partial charge in [-0.25, -0.2) is 13.6 Å². The van der Waals surface area contributed by atoms with Gasteiger partial charge in [0.15, 0.2) is 11.6 Å². The second kappa shape index (κ2) is 5.62. The van der Waals surface area contributed by atoms with Gasteiger partial charge in [0, 0.05) is 4.90 Å². The van der Waals surface area contributed by atoms with Crippen LogP contribution in [-0.4, -0.2) is 17.2 Å². The lowest BCUT2D eigenvalue weighted by molar-refractivity contribution is -0.119. The number of amides is 3. The van der Waals surface area contributed by atoms with Crippen LogP contribution in [0, 0.1) is 11.6 Å². The molecule has 17 heavy (non-hydrogen) atoms. The van der Waals surface area contributed by atoms with Crippen molar-refractivity contribution in [2.75, 3.05) is 0 Å². The summed E-state index contributed by atoms with van der Waals surface area (Å²) in [5.41, 5.74) is 4.78. The molecule has 0 saturated heterocycles. The van der Waals surface area contributed by atoms with Gasteiger partial charge in [-0.1, -0.05) is 0 Å². The topological polar surface area (TPSA) is 72.2 Å². The summed E-state index contributed by atoms with van der Waals surface area (Å²) < 4.78 is 25.5. The van der Waals surface area contributed by atoms with Crippen LogP contribution in [0.2, 0.25) is 0 Å². The highest BCUT2D eigenvalue weighted by Gasteiger charge is 2.16. The third-order valence-corrected chi connectivity index (χ3v) is 2.91. The van der Waals surface area contributed by atoms with E-state index in [1.165, 1.54) is 13.0 Å². The first kappa shape index (κ1) is 13.4. The Morgan fingerprint density at radius 3 is 2.53 bits per heavy atom. The molecule has 0 aliphatic rings. The van der Waals surface area contributed by atoms with Crippen molar-refractivity contribution < 1.29 is 18.4 Å². The first-order valence-corrected chi connectivity index (χ1v) is 5.50. The molecule has 0 aromatic heterocycles. The zero-order valence-corrected chi connectivity index (χ0v) is 9.68. The van der Waals surface area contributed by atoms with E-state index in [4.69, 9.17) is 5.73 Å². The Hall–Kier alpha value is -1.63. The van der Waals surface area contributed by atoms with E-state index in [0.717, 1.165) is 23.9 Å². The first-order chi connectivity index (χ1) is 7.90. The molecule has 4 nitrogen and oxygen atoms in total. The molecule has 92 valence electrons. The van der Waals surface area contributed by atoms with Gasteiger partial charge in [-0.15, -0.1) is 11.8 Å². The molecule has 0 unspecified atom stereocenters. The van der Waals surface area contributed by atoms with Crippen molar-refractivity contribution in [1.82, 2.24) is 5.32 Å². The van der Waals surface area contributed by atoms with Gasteiger partial charge in [-0.2, -0.15) is 0 Å². The van der Waals surface area contributed by atoms with Crippen LogP contribution in [0.1, 0.15) is 6.92 Å². The lowest BCUT2D eigenvalue weighted by Gasteiger charge is -2.09. The third-order valence-electron chi connectivity index (χ3n) is 1.82. The van der Waals surface area contributed by atoms with Crippen LogP contribution in [0.4, 0.5) is 13.6 Å². The van der Waals surface area contributed by atoms with Crippen molar-refractivity contribution in [3.05, 3.63) is 29.8 Å². The molecule has 3 amide bonds. The fraction of sp³-hybridized carbons (Fsp3) is 0.200. The Morgan fingerprint density at radius 1 is 1.35 bits per heavy atom. The maximum atomic E-state index is 12.9. The van der Waals surface area contributed by atoms with Crippen LogP contribution >= 0.6 is 11.8 Å². The molecule has 3 N–H and O–H groups in total. The predicted molar refractivity (Wildman–Crippen MR) is 59.4 cm³/mol. The zero-order valence-electron chi connectivity index (χ0n) is 8.87. The highest BCUT2D eigenvalue weighted by molar-refractivity contribution is 8.00. The number of hydrogen-bond acceptors (Lipinski definition) is 3. The van der Waals surface area contributed by atoms with E-state index in [1.807, 2.05) is 5.32 Å². The molecule has 1 aromatic rings. The molecule has 0 saturated carbocycles. The van der Waals surface area contributed by atoms with E-state index in [0.29, 0.717) is 4.90 Å². The van der Waals surface area contributed by atoms with Crippen LogP contribution in [0.15, 0.2) is 23.1 Å². The number of imide groups is 1. The molecule has 1 rings (SSSR count). The Morgan fingerprint density at radius 2 is 2.00 bits per heavy atom. The standard InChI is InChI=1S/C10H10F2N2O2S/c1-5(9(15)14-10(13)16)17-6-2-3-7(11)8(12)4-6/h2-5H,1H3,(H3,13,14,15,16)/t5-/m1/s1. The normalized spacial score (nSPS) is 11.9. The van der Waals surface area contributed by atoms with Gasteiger partial charge in [-0.05, 0) is 25.1 Å². The minimum atomic E-state index is -0.988. The minimum absolute atomic E-state index is 0.385. The van der Waals surface area contributed by atoms with Gasteiger partial charge in [0.2, 0.25) is 5.91 Å². The van der Waals surface area contributed by atoms with E-state index in [2.05, 4.69) is 0 Å². The van der Waals surface area contributed by atoms with E-state index in [-0.39, 0.29) is 0 Å². The number of urea groups is 1. The van der Waals surface area contributed by atoms with Crippen LogP contribution in [0.25, 0.3) is 0 Å².